The van der Waals surface area contributed by atoms with E-state index in [1.807, 2.05) is 6.92 Å². The summed E-state index contributed by atoms with van der Waals surface area (Å²) in [4.78, 5) is 26.0. The van der Waals surface area contributed by atoms with E-state index < -0.39 is 5.69 Å². The summed E-state index contributed by atoms with van der Waals surface area (Å²) in [6.45, 7) is 1.85. The van der Waals surface area contributed by atoms with Crippen LogP contribution in [0.4, 0.5) is 0 Å². The number of aryl methyl sites for hydroxylation is 1. The summed E-state index contributed by atoms with van der Waals surface area (Å²) in [5, 5.41) is 0. The molecular formula is C7H11N3O2. The van der Waals surface area contributed by atoms with Crippen molar-refractivity contribution in [2.24, 2.45) is 14.1 Å². The fraction of sp³-hybridized carbons (Fsp3) is 0.571. The maximum absolute atomic E-state index is 11.3. The fourth-order valence-electron chi connectivity index (χ4n) is 0.994. The average Bonchev–Trinajstić information content (AvgIpc) is 2.08. The zero-order valence-corrected chi connectivity index (χ0v) is 7.37. The third-order valence-electron chi connectivity index (χ3n) is 1.79. The maximum Gasteiger partial charge on any atom is 0.353 e. The Morgan fingerprint density at radius 1 is 1.25 bits per heavy atom. The zero-order valence-electron chi connectivity index (χ0n) is 7.37. The van der Waals surface area contributed by atoms with Gasteiger partial charge in [0.05, 0.1) is 0 Å². The minimum absolute atomic E-state index is 0.327. The first-order valence-electron chi connectivity index (χ1n) is 3.70. The molecule has 0 unspecified atom stereocenters. The van der Waals surface area contributed by atoms with E-state index in [-0.39, 0.29) is 5.69 Å². The van der Waals surface area contributed by atoms with Gasteiger partial charge < -0.3 is 0 Å². The van der Waals surface area contributed by atoms with E-state index in [0.717, 1.165) is 4.57 Å². The van der Waals surface area contributed by atoms with Crippen LogP contribution in [0, 0.1) is 0 Å². The lowest BCUT2D eigenvalue weighted by molar-refractivity contribution is 0.606. The Morgan fingerprint density at radius 2 is 1.83 bits per heavy atom. The Kier molecular flexibility index (Phi) is 2.12. The van der Waals surface area contributed by atoms with Crippen LogP contribution >= 0.6 is 0 Å². The molecular weight excluding hydrogens is 158 g/mol. The van der Waals surface area contributed by atoms with Gasteiger partial charge in [0.15, 0.2) is 0 Å². The SMILES string of the molecule is CCc1nc(=O)n(C)c(=O)n1C. The van der Waals surface area contributed by atoms with Crippen molar-refractivity contribution < 1.29 is 0 Å². The van der Waals surface area contributed by atoms with Gasteiger partial charge in [0.1, 0.15) is 5.82 Å². The fourth-order valence-corrected chi connectivity index (χ4v) is 0.994. The van der Waals surface area contributed by atoms with Gasteiger partial charge in [-0.15, -0.1) is 0 Å². The molecule has 1 aromatic rings. The van der Waals surface area contributed by atoms with Crippen molar-refractivity contribution in [3.63, 3.8) is 0 Å². The van der Waals surface area contributed by atoms with Gasteiger partial charge in [-0.05, 0) is 0 Å². The second kappa shape index (κ2) is 2.92. The molecule has 0 aliphatic rings. The van der Waals surface area contributed by atoms with E-state index in [1.54, 1.807) is 7.05 Å². The lowest BCUT2D eigenvalue weighted by Crippen LogP contribution is -2.40. The molecule has 0 radical (unpaired) electrons. The molecule has 0 N–H and O–H groups in total. The average molecular weight is 169 g/mol. The molecule has 5 nitrogen and oxygen atoms in total. The molecule has 0 saturated carbocycles. The van der Waals surface area contributed by atoms with Gasteiger partial charge in [-0.2, -0.15) is 4.98 Å². The molecule has 0 bridgehead atoms. The summed E-state index contributed by atoms with van der Waals surface area (Å²) in [7, 11) is 3.02. The molecule has 0 fully saturated rings. The molecule has 1 rings (SSSR count). The van der Waals surface area contributed by atoms with Crippen LogP contribution in [0.2, 0.25) is 0 Å². The van der Waals surface area contributed by atoms with Gasteiger partial charge >= 0.3 is 11.4 Å². The van der Waals surface area contributed by atoms with Crippen LogP contribution in [0.1, 0.15) is 12.7 Å². The second-order valence-corrected chi connectivity index (χ2v) is 2.56. The highest BCUT2D eigenvalue weighted by molar-refractivity contribution is 4.86. The summed E-state index contributed by atoms with van der Waals surface area (Å²) < 4.78 is 2.36. The molecule has 0 atom stereocenters. The van der Waals surface area contributed by atoms with Crippen molar-refractivity contribution >= 4 is 0 Å². The van der Waals surface area contributed by atoms with Crippen LogP contribution in [-0.2, 0) is 20.5 Å². The summed E-state index contributed by atoms with van der Waals surface area (Å²) >= 11 is 0. The van der Waals surface area contributed by atoms with Crippen molar-refractivity contribution in [2.45, 2.75) is 13.3 Å². The Morgan fingerprint density at radius 3 is 2.33 bits per heavy atom. The Hall–Kier alpha value is -1.39. The third-order valence-corrected chi connectivity index (χ3v) is 1.79. The third kappa shape index (κ3) is 1.17. The number of hydrogen-bond donors (Lipinski definition) is 0. The molecule has 1 aromatic heterocycles. The summed E-state index contributed by atoms with van der Waals surface area (Å²) in [5.74, 6) is 0.517. The molecule has 0 saturated heterocycles. The topological polar surface area (TPSA) is 56.9 Å². The first-order valence-corrected chi connectivity index (χ1v) is 3.70. The van der Waals surface area contributed by atoms with Gasteiger partial charge in [0.25, 0.3) is 0 Å². The van der Waals surface area contributed by atoms with Gasteiger partial charge in [-0.1, -0.05) is 6.92 Å². The van der Waals surface area contributed by atoms with E-state index >= 15 is 0 Å². The number of rotatable bonds is 1. The van der Waals surface area contributed by atoms with Crippen molar-refractivity contribution in [1.82, 2.24) is 14.1 Å². The number of aromatic nitrogens is 3. The first kappa shape index (κ1) is 8.70. The highest BCUT2D eigenvalue weighted by Crippen LogP contribution is 1.84. The van der Waals surface area contributed by atoms with Crippen LogP contribution in [0.3, 0.4) is 0 Å². The van der Waals surface area contributed by atoms with Gasteiger partial charge in [0.2, 0.25) is 0 Å². The second-order valence-electron chi connectivity index (χ2n) is 2.56. The molecule has 0 amide bonds. The van der Waals surface area contributed by atoms with Crippen molar-refractivity contribution in [3.05, 3.63) is 26.8 Å². The highest BCUT2D eigenvalue weighted by Gasteiger charge is 2.03. The molecule has 0 aliphatic carbocycles. The van der Waals surface area contributed by atoms with E-state index in [9.17, 15) is 9.59 Å². The van der Waals surface area contributed by atoms with Gasteiger partial charge in [0, 0.05) is 20.5 Å². The number of nitrogens with zero attached hydrogens (tertiary/aromatic N) is 3. The molecule has 66 valence electrons. The maximum atomic E-state index is 11.3. The Bertz CT molecular complexity index is 402. The zero-order chi connectivity index (χ0) is 9.30. The summed E-state index contributed by atoms with van der Waals surface area (Å²) in [6, 6.07) is 0. The van der Waals surface area contributed by atoms with Crippen molar-refractivity contribution in [2.75, 3.05) is 0 Å². The van der Waals surface area contributed by atoms with Gasteiger partial charge in [-0.3, -0.25) is 4.57 Å². The minimum atomic E-state index is -0.491. The molecule has 0 aromatic carbocycles. The minimum Gasteiger partial charge on any atom is -0.284 e. The van der Waals surface area contributed by atoms with Crippen LogP contribution in [0.25, 0.3) is 0 Å². The molecule has 12 heavy (non-hydrogen) atoms. The lowest BCUT2D eigenvalue weighted by atomic mass is 10.4. The van der Waals surface area contributed by atoms with Crippen LogP contribution in [0.5, 0.6) is 0 Å². The van der Waals surface area contributed by atoms with Crippen LogP contribution < -0.4 is 11.4 Å². The predicted molar refractivity (Wildman–Crippen MR) is 44.1 cm³/mol. The standard InChI is InChI=1S/C7H11N3O2/c1-4-5-8-6(11)10(3)7(12)9(5)2/h4H2,1-3H3. The van der Waals surface area contributed by atoms with E-state index in [2.05, 4.69) is 4.98 Å². The largest absolute Gasteiger partial charge is 0.353 e. The number of hydrogen-bond acceptors (Lipinski definition) is 3. The predicted octanol–water partition coefficient (Wildman–Crippen LogP) is -0.959. The first-order chi connectivity index (χ1) is 5.57. The molecule has 1 heterocycles. The Balaban J connectivity index is 3.61. The summed E-state index contributed by atoms with van der Waals surface area (Å²) in [5.41, 5.74) is -0.818. The Labute approximate surface area is 69.3 Å². The van der Waals surface area contributed by atoms with E-state index in [1.165, 1.54) is 11.6 Å². The summed E-state index contributed by atoms with van der Waals surface area (Å²) in [6.07, 6.45) is 0.585. The van der Waals surface area contributed by atoms with Crippen LogP contribution in [0.15, 0.2) is 9.59 Å². The molecule has 5 heteroatoms. The van der Waals surface area contributed by atoms with Crippen molar-refractivity contribution in [1.29, 1.82) is 0 Å². The highest BCUT2D eigenvalue weighted by atomic mass is 16.2. The molecule has 0 spiro atoms. The molecule has 0 aliphatic heterocycles. The van der Waals surface area contributed by atoms with E-state index in [0.29, 0.717) is 12.2 Å². The quantitative estimate of drug-likeness (QED) is 0.544. The van der Waals surface area contributed by atoms with Crippen LogP contribution in [-0.4, -0.2) is 14.1 Å². The van der Waals surface area contributed by atoms with Crippen molar-refractivity contribution in [3.8, 4) is 0 Å². The van der Waals surface area contributed by atoms with Gasteiger partial charge in [-0.25, -0.2) is 14.2 Å². The smallest absolute Gasteiger partial charge is 0.284 e. The normalized spacial score (nSPS) is 10.2. The monoisotopic (exact) mass is 169 g/mol. The van der Waals surface area contributed by atoms with E-state index in [4.69, 9.17) is 0 Å². The lowest BCUT2D eigenvalue weighted by Gasteiger charge is -2.04.